The molecule has 1 saturated carbocycles. The van der Waals surface area contributed by atoms with Crippen LogP contribution in [0.15, 0.2) is 30.3 Å². The molecule has 0 amide bonds. The van der Waals surface area contributed by atoms with Crippen molar-refractivity contribution in [3.8, 4) is 0 Å². The molecule has 18 heavy (non-hydrogen) atoms. The summed E-state index contributed by atoms with van der Waals surface area (Å²) in [5, 5.41) is 20.2. The molecule has 5 atom stereocenters. The molecule has 2 bridgehead atoms. The van der Waals surface area contributed by atoms with E-state index in [4.69, 9.17) is 0 Å². The van der Waals surface area contributed by atoms with Gasteiger partial charge in [-0.15, -0.1) is 0 Å². The van der Waals surface area contributed by atoms with Crippen LogP contribution in [0.2, 0.25) is 0 Å². The predicted octanol–water partition coefficient (Wildman–Crippen LogP) is 1.56. The van der Waals surface area contributed by atoms with Gasteiger partial charge < -0.3 is 10.2 Å². The van der Waals surface area contributed by atoms with E-state index >= 15 is 0 Å². The zero-order valence-corrected chi connectivity index (χ0v) is 11.0. The molecule has 1 aromatic rings. The van der Waals surface area contributed by atoms with Crippen LogP contribution in [-0.4, -0.2) is 39.4 Å². The van der Waals surface area contributed by atoms with Gasteiger partial charge in [0.05, 0.1) is 12.2 Å². The highest BCUT2D eigenvalue weighted by Crippen LogP contribution is 2.49. The Hall–Kier alpha value is -0.900. The molecule has 1 aliphatic heterocycles. The molecule has 0 radical (unpaired) electrons. The third kappa shape index (κ3) is 1.54. The van der Waals surface area contributed by atoms with Crippen molar-refractivity contribution in [1.82, 2.24) is 4.90 Å². The molecule has 0 unspecified atom stereocenters. The molecule has 1 heterocycles. The molecule has 3 rings (SSSR count). The van der Waals surface area contributed by atoms with Gasteiger partial charge in [0.15, 0.2) is 0 Å². The first kappa shape index (κ1) is 12.2. The summed E-state index contributed by atoms with van der Waals surface area (Å²) in [5.41, 5.74) is 0.993. The standard InChI is InChI=1S/C15H21NO2/c1-10(11-6-4-3-5-7-11)16-9-12-8-15(16,2)14(18)13(12)17/h3-7,10,12-14,17-18H,8-9H2,1-2H3/t10-,12+,13+,14+,15+/m0/s1. The second kappa shape index (κ2) is 4.05. The number of benzene rings is 1. The molecule has 2 aliphatic rings. The number of rotatable bonds is 2. The van der Waals surface area contributed by atoms with Gasteiger partial charge in [-0.25, -0.2) is 0 Å². The Balaban J connectivity index is 1.87. The average molecular weight is 247 g/mol. The maximum absolute atomic E-state index is 10.2. The fourth-order valence-corrected chi connectivity index (χ4v) is 3.83. The normalized spacial score (nSPS) is 41.2. The van der Waals surface area contributed by atoms with Crippen molar-refractivity contribution < 1.29 is 10.2 Å². The van der Waals surface area contributed by atoms with Gasteiger partial charge in [-0.05, 0) is 25.8 Å². The Morgan fingerprint density at radius 1 is 1.28 bits per heavy atom. The van der Waals surface area contributed by atoms with E-state index in [1.807, 2.05) is 18.2 Å². The number of aliphatic hydroxyl groups excluding tert-OH is 2. The number of piperidine rings is 1. The van der Waals surface area contributed by atoms with E-state index in [9.17, 15) is 10.2 Å². The highest BCUT2D eigenvalue weighted by atomic mass is 16.3. The first-order chi connectivity index (χ1) is 8.54. The summed E-state index contributed by atoms with van der Waals surface area (Å²) >= 11 is 0. The van der Waals surface area contributed by atoms with Gasteiger partial charge in [-0.2, -0.15) is 0 Å². The second-order valence-electron chi connectivity index (χ2n) is 6.00. The van der Waals surface area contributed by atoms with E-state index in [0.717, 1.165) is 13.0 Å². The van der Waals surface area contributed by atoms with Crippen LogP contribution in [0.1, 0.15) is 31.9 Å². The van der Waals surface area contributed by atoms with Crippen LogP contribution in [0.25, 0.3) is 0 Å². The average Bonchev–Trinajstić information content (AvgIpc) is 2.85. The van der Waals surface area contributed by atoms with E-state index in [1.54, 1.807) is 0 Å². The lowest BCUT2D eigenvalue weighted by Gasteiger charge is -2.44. The molecule has 1 saturated heterocycles. The Morgan fingerprint density at radius 2 is 1.94 bits per heavy atom. The van der Waals surface area contributed by atoms with E-state index in [2.05, 4.69) is 30.9 Å². The van der Waals surface area contributed by atoms with Crippen molar-refractivity contribution in [2.75, 3.05) is 6.54 Å². The van der Waals surface area contributed by atoms with Crippen LogP contribution in [-0.2, 0) is 0 Å². The van der Waals surface area contributed by atoms with Gasteiger partial charge in [0, 0.05) is 24.0 Å². The predicted molar refractivity (Wildman–Crippen MR) is 70.1 cm³/mol. The maximum Gasteiger partial charge on any atom is 0.0983 e. The summed E-state index contributed by atoms with van der Waals surface area (Å²) in [5.74, 6) is 0.219. The van der Waals surface area contributed by atoms with Gasteiger partial charge in [0.1, 0.15) is 0 Å². The summed E-state index contributed by atoms with van der Waals surface area (Å²) in [6.07, 6.45) is -0.274. The number of fused-ring (bicyclic) bond motifs is 2. The van der Waals surface area contributed by atoms with Crippen molar-refractivity contribution in [2.45, 2.75) is 44.1 Å². The molecule has 3 nitrogen and oxygen atoms in total. The molecule has 0 aromatic heterocycles. The van der Waals surface area contributed by atoms with Crippen LogP contribution < -0.4 is 0 Å². The summed E-state index contributed by atoms with van der Waals surface area (Å²) in [4.78, 5) is 2.35. The lowest BCUT2D eigenvalue weighted by molar-refractivity contribution is -0.0898. The number of nitrogens with zero attached hydrogens (tertiary/aromatic N) is 1. The van der Waals surface area contributed by atoms with E-state index in [-0.39, 0.29) is 17.5 Å². The molecule has 0 spiro atoms. The largest absolute Gasteiger partial charge is 0.390 e. The molecular weight excluding hydrogens is 226 g/mol. The van der Waals surface area contributed by atoms with Crippen molar-refractivity contribution in [1.29, 1.82) is 0 Å². The van der Waals surface area contributed by atoms with E-state index < -0.39 is 12.2 Å². The highest BCUT2D eigenvalue weighted by Gasteiger charge is 2.59. The maximum atomic E-state index is 10.2. The molecule has 2 fully saturated rings. The molecule has 98 valence electrons. The van der Waals surface area contributed by atoms with Crippen LogP contribution in [0.4, 0.5) is 0 Å². The van der Waals surface area contributed by atoms with Gasteiger partial charge in [-0.3, -0.25) is 4.90 Å². The quantitative estimate of drug-likeness (QED) is 0.833. The molecule has 3 heteroatoms. The van der Waals surface area contributed by atoms with Crippen molar-refractivity contribution in [3.63, 3.8) is 0 Å². The third-order valence-corrected chi connectivity index (χ3v) is 4.96. The van der Waals surface area contributed by atoms with Crippen molar-refractivity contribution >= 4 is 0 Å². The summed E-state index contributed by atoms with van der Waals surface area (Å²) in [6.45, 7) is 5.14. The minimum absolute atomic E-state index is 0.219. The summed E-state index contributed by atoms with van der Waals surface area (Å²) < 4.78 is 0. The van der Waals surface area contributed by atoms with Gasteiger partial charge in [-0.1, -0.05) is 30.3 Å². The highest BCUT2D eigenvalue weighted by molar-refractivity contribution is 5.22. The number of hydrogen-bond acceptors (Lipinski definition) is 3. The molecule has 1 aliphatic carbocycles. The third-order valence-electron chi connectivity index (χ3n) is 4.96. The zero-order valence-electron chi connectivity index (χ0n) is 11.0. The van der Waals surface area contributed by atoms with E-state index in [0.29, 0.717) is 0 Å². The number of aliphatic hydroxyl groups is 2. The number of hydrogen-bond donors (Lipinski definition) is 2. The monoisotopic (exact) mass is 247 g/mol. The van der Waals surface area contributed by atoms with Gasteiger partial charge in [0.25, 0.3) is 0 Å². The smallest absolute Gasteiger partial charge is 0.0983 e. The Labute approximate surface area is 108 Å². The Morgan fingerprint density at radius 3 is 2.50 bits per heavy atom. The van der Waals surface area contributed by atoms with E-state index in [1.165, 1.54) is 5.56 Å². The van der Waals surface area contributed by atoms with Crippen molar-refractivity contribution in [2.24, 2.45) is 5.92 Å². The fraction of sp³-hybridized carbons (Fsp3) is 0.600. The van der Waals surface area contributed by atoms with Crippen LogP contribution in [0, 0.1) is 5.92 Å². The Bertz CT molecular complexity index is 435. The minimum atomic E-state index is -0.623. The van der Waals surface area contributed by atoms with Gasteiger partial charge in [0.2, 0.25) is 0 Å². The SMILES string of the molecule is C[C@@H](c1ccccc1)N1C[C@H]2C[C@]1(C)[C@H](O)[C@@H]2O. The zero-order chi connectivity index (χ0) is 12.9. The first-order valence-corrected chi connectivity index (χ1v) is 6.72. The summed E-state index contributed by atoms with van der Waals surface area (Å²) in [6, 6.07) is 10.7. The topological polar surface area (TPSA) is 43.7 Å². The molecule has 2 N–H and O–H groups in total. The van der Waals surface area contributed by atoms with Gasteiger partial charge >= 0.3 is 0 Å². The summed E-state index contributed by atoms with van der Waals surface area (Å²) in [7, 11) is 0. The van der Waals surface area contributed by atoms with Crippen molar-refractivity contribution in [3.05, 3.63) is 35.9 Å². The van der Waals surface area contributed by atoms with Crippen LogP contribution in [0.3, 0.4) is 0 Å². The second-order valence-corrected chi connectivity index (χ2v) is 6.00. The van der Waals surface area contributed by atoms with Crippen LogP contribution in [0.5, 0.6) is 0 Å². The molecular formula is C15H21NO2. The van der Waals surface area contributed by atoms with Crippen LogP contribution >= 0.6 is 0 Å². The lowest BCUT2D eigenvalue weighted by Crippen LogP contribution is -2.56. The minimum Gasteiger partial charge on any atom is -0.390 e. The Kier molecular flexibility index (Phi) is 2.73. The lowest BCUT2D eigenvalue weighted by atomic mass is 9.92. The fourth-order valence-electron chi connectivity index (χ4n) is 3.83. The first-order valence-electron chi connectivity index (χ1n) is 6.72. The molecule has 1 aromatic carbocycles. The number of likely N-dealkylation sites (tertiary alicyclic amines) is 1.